The summed E-state index contributed by atoms with van der Waals surface area (Å²) in [5.41, 5.74) is 21.5. The molecule has 0 unspecified atom stereocenters. The number of unbranched alkanes of at least 4 members (excludes halogenated alkanes) is 1. The van der Waals surface area contributed by atoms with E-state index >= 15 is 0 Å². The van der Waals surface area contributed by atoms with Crippen LogP contribution in [-0.2, 0) is 17.3 Å². The van der Waals surface area contributed by atoms with Crippen LogP contribution in [0.25, 0.3) is 44.2 Å². The molecule has 0 amide bonds. The number of nitrogens with zero attached hydrogens (tertiary/aromatic N) is 2. The molecule has 8 aromatic rings. The number of benzene rings is 7. The van der Waals surface area contributed by atoms with E-state index in [0.29, 0.717) is 0 Å². The fourth-order valence-electron chi connectivity index (χ4n) is 10.7. The summed E-state index contributed by atoms with van der Waals surface area (Å²) in [4.78, 5) is 5.29. The first-order valence-electron chi connectivity index (χ1n) is 21.7. The Morgan fingerprint density at radius 1 is 0.627 bits per heavy atom. The molecule has 0 bridgehead atoms. The minimum absolute atomic E-state index is 0.0700. The second kappa shape index (κ2) is 13.3. The molecule has 0 saturated carbocycles. The third kappa shape index (κ3) is 5.48. The summed E-state index contributed by atoms with van der Waals surface area (Å²) in [5.74, 6) is 0. The third-order valence-corrected chi connectivity index (χ3v) is 13.9. The van der Waals surface area contributed by atoms with Gasteiger partial charge in [0, 0.05) is 33.6 Å². The Balaban J connectivity index is 1.30. The largest absolute Gasteiger partial charge is 0.456 e. The highest BCUT2D eigenvalue weighted by molar-refractivity contribution is 6.94. The Bertz CT molecular complexity index is 2960. The molecule has 290 valence electrons. The van der Waals surface area contributed by atoms with Crippen LogP contribution in [0.4, 0.5) is 28.4 Å². The highest BCUT2D eigenvalue weighted by Crippen LogP contribution is 2.54. The molecule has 0 atom stereocenters. The molecule has 3 aliphatic rings. The molecule has 3 nitrogen and oxygen atoms in total. The average molecular weight is 767 g/mol. The van der Waals surface area contributed by atoms with E-state index in [1.807, 2.05) is 0 Å². The standard InChI is InChI=1S/C55H51BN2O/c1-7-8-17-36-24-26-46(40(32-36)37-18-11-9-12-19-37)57-48-31-35(2)30-42-41-33-43-44(55(5,6)29-28-54(43,3)4)34-47(41)58(38-20-13-10-14-21-38)56(52(42)48)45-25-27-50-51(53(45)57)39-22-15-16-23-49(39)59-50/h9-16,18-27,30-34H,7-8,17,28-29H2,1-6H3. The van der Waals surface area contributed by atoms with Crippen LogP contribution in [0.1, 0.15) is 82.6 Å². The summed E-state index contributed by atoms with van der Waals surface area (Å²) >= 11 is 0. The van der Waals surface area contributed by atoms with Crippen molar-refractivity contribution in [3.05, 3.63) is 162 Å². The third-order valence-electron chi connectivity index (χ3n) is 13.9. The first kappa shape index (κ1) is 36.1. The molecule has 7 aromatic carbocycles. The van der Waals surface area contributed by atoms with Gasteiger partial charge in [0.25, 0.3) is 0 Å². The monoisotopic (exact) mass is 766 g/mol. The van der Waals surface area contributed by atoms with E-state index in [2.05, 4.69) is 191 Å². The molecule has 59 heavy (non-hydrogen) atoms. The molecule has 0 spiro atoms. The van der Waals surface area contributed by atoms with Crippen LogP contribution < -0.4 is 20.6 Å². The van der Waals surface area contributed by atoms with Crippen molar-refractivity contribution in [2.75, 3.05) is 9.71 Å². The van der Waals surface area contributed by atoms with Gasteiger partial charge in [-0.2, -0.15) is 0 Å². The lowest BCUT2D eigenvalue weighted by Crippen LogP contribution is -2.61. The van der Waals surface area contributed by atoms with Crippen LogP contribution in [0, 0.1) is 6.92 Å². The van der Waals surface area contributed by atoms with Crippen LogP contribution >= 0.6 is 0 Å². The lowest BCUT2D eigenvalue weighted by Gasteiger charge is -2.48. The molecular formula is C55H51BN2O. The molecule has 0 radical (unpaired) electrons. The summed E-state index contributed by atoms with van der Waals surface area (Å²) in [6, 6.07) is 52.7. The second-order valence-electron chi connectivity index (χ2n) is 18.7. The summed E-state index contributed by atoms with van der Waals surface area (Å²) < 4.78 is 6.73. The molecule has 1 aromatic heterocycles. The summed E-state index contributed by atoms with van der Waals surface area (Å²) in [6.45, 7) is 14.3. The number of para-hydroxylation sites is 2. The Morgan fingerprint density at radius 2 is 1.34 bits per heavy atom. The second-order valence-corrected chi connectivity index (χ2v) is 18.7. The SMILES string of the molecule is CCCCc1ccc(N2c3cc(C)cc4c3B(c3ccc5oc6ccccc6c5c32)N(c2ccccc2)c2cc3c(cc2-4)C(C)(C)CCC3(C)C)c(-c2ccccc2)c1. The van der Waals surface area contributed by atoms with E-state index < -0.39 is 0 Å². The Kier molecular flexibility index (Phi) is 8.12. The first-order chi connectivity index (χ1) is 28.6. The van der Waals surface area contributed by atoms with Crippen LogP contribution in [0.2, 0.25) is 0 Å². The number of rotatable bonds is 6. The number of furan rings is 1. The van der Waals surface area contributed by atoms with Crippen LogP contribution in [0.3, 0.4) is 0 Å². The Morgan fingerprint density at radius 3 is 2.10 bits per heavy atom. The maximum Gasteiger partial charge on any atom is 0.333 e. The van der Waals surface area contributed by atoms with Crippen molar-refractivity contribution < 1.29 is 4.42 Å². The van der Waals surface area contributed by atoms with Crippen molar-refractivity contribution in [3.8, 4) is 22.3 Å². The van der Waals surface area contributed by atoms with Gasteiger partial charge in [-0.05, 0) is 142 Å². The minimum Gasteiger partial charge on any atom is -0.456 e. The molecule has 11 rings (SSSR count). The van der Waals surface area contributed by atoms with Crippen LogP contribution in [0.15, 0.2) is 144 Å². The molecule has 3 heterocycles. The maximum atomic E-state index is 6.73. The molecule has 0 fully saturated rings. The highest BCUT2D eigenvalue weighted by atomic mass is 16.3. The average Bonchev–Trinajstić information content (AvgIpc) is 3.64. The lowest BCUT2D eigenvalue weighted by molar-refractivity contribution is 0.332. The number of fused-ring (bicyclic) bond motifs is 9. The van der Waals surface area contributed by atoms with Gasteiger partial charge in [0.15, 0.2) is 0 Å². The zero-order valence-corrected chi connectivity index (χ0v) is 35.2. The van der Waals surface area contributed by atoms with Gasteiger partial charge in [-0.25, -0.2) is 0 Å². The highest BCUT2D eigenvalue weighted by Gasteiger charge is 2.48. The van der Waals surface area contributed by atoms with Crippen molar-refractivity contribution in [2.24, 2.45) is 0 Å². The van der Waals surface area contributed by atoms with E-state index in [-0.39, 0.29) is 17.7 Å². The van der Waals surface area contributed by atoms with Crippen LogP contribution in [-0.4, -0.2) is 6.85 Å². The Labute approximate surface area is 349 Å². The van der Waals surface area contributed by atoms with Crippen molar-refractivity contribution in [3.63, 3.8) is 0 Å². The fourth-order valence-corrected chi connectivity index (χ4v) is 10.7. The normalized spacial score (nSPS) is 15.9. The summed E-state index contributed by atoms with van der Waals surface area (Å²) in [6.07, 6.45) is 5.74. The smallest absolute Gasteiger partial charge is 0.333 e. The van der Waals surface area contributed by atoms with Crippen molar-refractivity contribution >= 4 is 68.1 Å². The first-order valence-corrected chi connectivity index (χ1v) is 21.7. The number of hydrogen-bond donors (Lipinski definition) is 0. The summed E-state index contributed by atoms with van der Waals surface area (Å²) in [7, 11) is 0. The molecule has 0 saturated heterocycles. The van der Waals surface area contributed by atoms with E-state index in [1.54, 1.807) is 0 Å². The van der Waals surface area contributed by atoms with E-state index in [4.69, 9.17) is 4.42 Å². The fraction of sp³-hybridized carbons (Fsp3) is 0.236. The van der Waals surface area contributed by atoms with Gasteiger partial charge in [0.05, 0.1) is 16.8 Å². The molecule has 0 N–H and O–H groups in total. The lowest BCUT2D eigenvalue weighted by atomic mass is 9.43. The predicted octanol–water partition coefficient (Wildman–Crippen LogP) is 14.0. The predicted molar refractivity (Wildman–Crippen MR) is 252 cm³/mol. The van der Waals surface area contributed by atoms with Crippen molar-refractivity contribution in [2.45, 2.75) is 84.5 Å². The van der Waals surface area contributed by atoms with Crippen LogP contribution in [0.5, 0.6) is 0 Å². The molecule has 1 aliphatic carbocycles. The quantitative estimate of drug-likeness (QED) is 0.157. The van der Waals surface area contributed by atoms with Gasteiger partial charge in [0.2, 0.25) is 0 Å². The molecule has 4 heteroatoms. The van der Waals surface area contributed by atoms with Gasteiger partial charge in [-0.1, -0.05) is 126 Å². The van der Waals surface area contributed by atoms with Gasteiger partial charge >= 0.3 is 6.85 Å². The van der Waals surface area contributed by atoms with Gasteiger partial charge < -0.3 is 14.1 Å². The number of aryl methyl sites for hydroxylation is 2. The van der Waals surface area contributed by atoms with Gasteiger partial charge in [-0.15, -0.1) is 0 Å². The van der Waals surface area contributed by atoms with E-state index in [0.717, 1.165) is 28.4 Å². The molecular weight excluding hydrogens is 715 g/mol. The van der Waals surface area contributed by atoms with Gasteiger partial charge in [-0.3, -0.25) is 0 Å². The Hall–Kier alpha value is -6.00. The minimum atomic E-state index is -0.0819. The van der Waals surface area contributed by atoms with Crippen molar-refractivity contribution in [1.82, 2.24) is 0 Å². The van der Waals surface area contributed by atoms with E-state index in [9.17, 15) is 0 Å². The maximum absolute atomic E-state index is 6.73. The summed E-state index contributed by atoms with van der Waals surface area (Å²) in [5, 5.41) is 2.30. The van der Waals surface area contributed by atoms with Crippen molar-refractivity contribution in [1.29, 1.82) is 0 Å². The van der Waals surface area contributed by atoms with Gasteiger partial charge in [0.1, 0.15) is 11.2 Å². The zero-order valence-electron chi connectivity index (χ0n) is 35.2. The molecule has 2 aliphatic heterocycles. The topological polar surface area (TPSA) is 19.6 Å². The number of hydrogen-bond acceptors (Lipinski definition) is 3. The zero-order chi connectivity index (χ0) is 40.2. The van der Waals surface area contributed by atoms with E-state index in [1.165, 1.54) is 110 Å². The number of anilines is 5.